The van der Waals surface area contributed by atoms with Gasteiger partial charge in [0.15, 0.2) is 0 Å². The van der Waals surface area contributed by atoms with Crippen LogP contribution in [-0.2, 0) is 4.79 Å². The van der Waals surface area contributed by atoms with E-state index in [1.165, 1.54) is 4.90 Å². The van der Waals surface area contributed by atoms with Crippen molar-refractivity contribution < 1.29 is 28.6 Å². The zero-order chi connectivity index (χ0) is 24.8. The van der Waals surface area contributed by atoms with Crippen LogP contribution in [0.4, 0.5) is 4.79 Å². The largest absolute Gasteiger partial charge is 0.497 e. The Morgan fingerprint density at radius 1 is 0.943 bits per heavy atom. The Bertz CT molecular complexity index is 1280. The maximum atomic E-state index is 12.8. The van der Waals surface area contributed by atoms with Gasteiger partial charge in [0, 0.05) is 0 Å². The molecule has 7 nitrogen and oxygen atoms in total. The zero-order valence-corrected chi connectivity index (χ0v) is 20.0. The molecule has 2 amide bonds. The van der Waals surface area contributed by atoms with Gasteiger partial charge in [-0.1, -0.05) is 24.3 Å². The third-order valence-electron chi connectivity index (χ3n) is 5.14. The molecule has 1 aliphatic heterocycles. The van der Waals surface area contributed by atoms with E-state index in [-0.39, 0.29) is 24.3 Å². The van der Waals surface area contributed by atoms with E-state index in [4.69, 9.17) is 14.2 Å². The van der Waals surface area contributed by atoms with Crippen LogP contribution in [0.3, 0.4) is 0 Å². The number of methoxy groups -OCH3 is 1. The summed E-state index contributed by atoms with van der Waals surface area (Å²) in [5, 5.41) is -0.351. The van der Waals surface area contributed by atoms with E-state index in [1.807, 2.05) is 31.2 Å². The predicted molar refractivity (Wildman–Crippen MR) is 134 cm³/mol. The van der Waals surface area contributed by atoms with E-state index >= 15 is 0 Å². The number of thioether (sulfide) groups is 1. The second-order valence-corrected chi connectivity index (χ2v) is 8.68. The van der Waals surface area contributed by atoms with Crippen molar-refractivity contribution in [1.82, 2.24) is 4.90 Å². The van der Waals surface area contributed by atoms with Crippen LogP contribution in [0.5, 0.6) is 17.2 Å². The molecule has 0 bridgehead atoms. The van der Waals surface area contributed by atoms with Crippen LogP contribution >= 0.6 is 11.8 Å². The highest BCUT2D eigenvalue weighted by atomic mass is 32.2. The van der Waals surface area contributed by atoms with Gasteiger partial charge < -0.3 is 14.2 Å². The van der Waals surface area contributed by atoms with E-state index < -0.39 is 5.97 Å². The molecule has 3 aromatic rings. The standard InChI is InChI=1S/C27H23NO6S/c1-18-5-3-7-22(15-18)33-14-13-28-25(29)24(35-27(28)31)17-19-6-4-8-23(16-19)34-26(30)20-9-11-21(32-2)12-10-20/h3-12,15-17H,13-14H2,1-2H3/b24-17-. The summed E-state index contributed by atoms with van der Waals surface area (Å²) >= 11 is 0.869. The smallest absolute Gasteiger partial charge is 0.343 e. The van der Waals surface area contributed by atoms with Gasteiger partial charge in [-0.25, -0.2) is 4.79 Å². The number of nitrogens with zero attached hydrogens (tertiary/aromatic N) is 1. The minimum Gasteiger partial charge on any atom is -0.497 e. The number of carbonyl (C=O) groups excluding carboxylic acids is 3. The van der Waals surface area contributed by atoms with Crippen molar-refractivity contribution in [2.45, 2.75) is 6.92 Å². The van der Waals surface area contributed by atoms with Crippen molar-refractivity contribution >= 4 is 35.0 Å². The van der Waals surface area contributed by atoms with Gasteiger partial charge in [-0.3, -0.25) is 14.5 Å². The zero-order valence-electron chi connectivity index (χ0n) is 19.2. The highest BCUT2D eigenvalue weighted by molar-refractivity contribution is 8.18. The van der Waals surface area contributed by atoms with E-state index in [2.05, 4.69) is 0 Å². The lowest BCUT2D eigenvalue weighted by molar-refractivity contribution is -0.123. The molecule has 0 unspecified atom stereocenters. The van der Waals surface area contributed by atoms with Gasteiger partial charge in [-0.15, -0.1) is 0 Å². The Labute approximate surface area is 207 Å². The van der Waals surface area contributed by atoms with Crippen molar-refractivity contribution in [1.29, 1.82) is 0 Å². The third-order valence-corrected chi connectivity index (χ3v) is 6.05. The molecule has 0 atom stereocenters. The van der Waals surface area contributed by atoms with Crippen molar-refractivity contribution in [3.8, 4) is 17.2 Å². The first-order chi connectivity index (χ1) is 16.9. The number of rotatable bonds is 8. The van der Waals surface area contributed by atoms with Gasteiger partial charge in [0.25, 0.3) is 11.1 Å². The van der Waals surface area contributed by atoms with Crippen LogP contribution in [0.25, 0.3) is 6.08 Å². The van der Waals surface area contributed by atoms with Gasteiger partial charge in [0.2, 0.25) is 0 Å². The highest BCUT2D eigenvalue weighted by Crippen LogP contribution is 2.32. The first kappa shape index (κ1) is 24.1. The van der Waals surface area contributed by atoms with E-state index in [0.717, 1.165) is 17.3 Å². The first-order valence-corrected chi connectivity index (χ1v) is 11.7. The minimum atomic E-state index is -0.515. The van der Waals surface area contributed by atoms with Crippen LogP contribution in [0, 0.1) is 6.92 Å². The average Bonchev–Trinajstić information content (AvgIpc) is 3.11. The van der Waals surface area contributed by atoms with E-state index in [9.17, 15) is 14.4 Å². The molecule has 1 saturated heterocycles. The molecule has 8 heteroatoms. The number of hydrogen-bond donors (Lipinski definition) is 0. The molecule has 0 saturated carbocycles. The fourth-order valence-corrected chi connectivity index (χ4v) is 4.23. The molecule has 0 N–H and O–H groups in total. The number of aryl methyl sites for hydroxylation is 1. The summed E-state index contributed by atoms with van der Waals surface area (Å²) in [5.41, 5.74) is 2.07. The summed E-state index contributed by atoms with van der Waals surface area (Å²) in [6.07, 6.45) is 1.61. The van der Waals surface area contributed by atoms with Crippen LogP contribution in [0.15, 0.2) is 77.7 Å². The van der Waals surface area contributed by atoms with Crippen molar-refractivity contribution in [3.63, 3.8) is 0 Å². The maximum Gasteiger partial charge on any atom is 0.343 e. The molecule has 35 heavy (non-hydrogen) atoms. The number of esters is 1. The Hall–Kier alpha value is -4.04. The number of benzene rings is 3. The van der Waals surface area contributed by atoms with Gasteiger partial charge in [-0.2, -0.15) is 0 Å². The monoisotopic (exact) mass is 489 g/mol. The number of ether oxygens (including phenoxy) is 3. The fraction of sp³-hybridized carbons (Fsp3) is 0.148. The summed E-state index contributed by atoms with van der Waals surface area (Å²) in [5.74, 6) is 0.755. The van der Waals surface area contributed by atoms with Gasteiger partial charge in [0.1, 0.15) is 23.9 Å². The molecule has 0 aromatic heterocycles. The number of hydrogen-bond acceptors (Lipinski definition) is 7. The quantitative estimate of drug-likeness (QED) is 0.240. The normalized spacial score (nSPS) is 14.3. The molecule has 0 radical (unpaired) electrons. The topological polar surface area (TPSA) is 82.1 Å². The third kappa shape index (κ3) is 6.10. The Balaban J connectivity index is 1.39. The summed E-state index contributed by atoms with van der Waals surface area (Å²) < 4.78 is 16.2. The molecule has 0 aliphatic carbocycles. The summed E-state index contributed by atoms with van der Waals surface area (Å²) in [6, 6.07) is 20.9. The van der Waals surface area contributed by atoms with Crippen molar-refractivity contribution in [3.05, 3.63) is 94.4 Å². The Morgan fingerprint density at radius 2 is 1.69 bits per heavy atom. The maximum absolute atomic E-state index is 12.8. The van der Waals surface area contributed by atoms with Crippen molar-refractivity contribution in [2.24, 2.45) is 0 Å². The van der Waals surface area contributed by atoms with Crippen LogP contribution < -0.4 is 14.2 Å². The van der Waals surface area contributed by atoms with Crippen LogP contribution in [0.2, 0.25) is 0 Å². The van der Waals surface area contributed by atoms with E-state index in [1.54, 1.807) is 61.7 Å². The van der Waals surface area contributed by atoms with Gasteiger partial charge in [0.05, 0.1) is 24.1 Å². The van der Waals surface area contributed by atoms with Gasteiger partial charge in [-0.05, 0) is 84.4 Å². The number of imide groups is 1. The highest BCUT2D eigenvalue weighted by Gasteiger charge is 2.34. The summed E-state index contributed by atoms with van der Waals surface area (Å²) in [6.45, 7) is 2.31. The SMILES string of the molecule is COc1ccc(C(=O)Oc2cccc(/C=C3\SC(=O)N(CCOc4cccc(C)c4)C3=O)c2)cc1. The fourth-order valence-electron chi connectivity index (χ4n) is 3.36. The minimum absolute atomic E-state index is 0.148. The number of amides is 2. The average molecular weight is 490 g/mol. The molecule has 1 heterocycles. The lowest BCUT2D eigenvalue weighted by atomic mass is 10.2. The Morgan fingerprint density at radius 3 is 2.43 bits per heavy atom. The lowest BCUT2D eigenvalue weighted by Gasteiger charge is -2.13. The number of carbonyl (C=O) groups is 3. The van der Waals surface area contributed by atoms with Crippen LogP contribution in [-0.4, -0.2) is 42.3 Å². The Kier molecular flexibility index (Phi) is 7.52. The molecular formula is C27H23NO6S. The molecule has 0 spiro atoms. The van der Waals surface area contributed by atoms with Crippen LogP contribution in [0.1, 0.15) is 21.5 Å². The molecule has 1 fully saturated rings. The lowest BCUT2D eigenvalue weighted by Crippen LogP contribution is -2.32. The predicted octanol–water partition coefficient (Wildman–Crippen LogP) is 5.34. The molecular weight excluding hydrogens is 466 g/mol. The first-order valence-electron chi connectivity index (χ1n) is 10.8. The summed E-state index contributed by atoms with van der Waals surface area (Å²) in [4.78, 5) is 39.1. The molecule has 178 valence electrons. The molecule has 1 aliphatic rings. The summed E-state index contributed by atoms with van der Waals surface area (Å²) in [7, 11) is 1.55. The second kappa shape index (κ2) is 10.9. The van der Waals surface area contributed by atoms with Crippen molar-refractivity contribution in [2.75, 3.05) is 20.3 Å². The van der Waals surface area contributed by atoms with Gasteiger partial charge >= 0.3 is 5.97 Å². The molecule has 4 rings (SSSR count). The second-order valence-electron chi connectivity index (χ2n) is 7.69. The van der Waals surface area contributed by atoms with E-state index in [0.29, 0.717) is 33.3 Å². The molecule has 3 aromatic carbocycles.